The number of piperazine rings is 1. The van der Waals surface area contributed by atoms with Crippen molar-refractivity contribution in [2.75, 3.05) is 39.0 Å². The number of benzene rings is 1. The van der Waals surface area contributed by atoms with Gasteiger partial charge in [-0.2, -0.15) is 0 Å². The minimum Gasteiger partial charge on any atom is -0.351 e. The van der Waals surface area contributed by atoms with Gasteiger partial charge >= 0.3 is 0 Å². The molecule has 1 saturated heterocycles. The quantitative estimate of drug-likeness (QED) is 0.809. The zero-order chi connectivity index (χ0) is 16.8. The minimum atomic E-state index is -0.0458. The summed E-state index contributed by atoms with van der Waals surface area (Å²) < 4.78 is 0. The first-order valence-corrected chi connectivity index (χ1v) is 9.36. The van der Waals surface area contributed by atoms with Crippen LogP contribution < -0.4 is 5.32 Å². The molecule has 2 atom stereocenters. The van der Waals surface area contributed by atoms with Crippen molar-refractivity contribution in [1.82, 2.24) is 15.1 Å². The third-order valence-corrected chi connectivity index (χ3v) is 5.65. The fourth-order valence-corrected chi connectivity index (χ4v) is 3.49. The fourth-order valence-electron chi connectivity index (χ4n) is 2.64. The van der Waals surface area contributed by atoms with E-state index in [4.69, 9.17) is 0 Å². The second-order valence-electron chi connectivity index (χ2n) is 6.55. The van der Waals surface area contributed by atoms with Crippen LogP contribution in [0.15, 0.2) is 29.2 Å². The molecule has 0 aromatic heterocycles. The second kappa shape index (κ2) is 8.71. The predicted molar refractivity (Wildman–Crippen MR) is 98.0 cm³/mol. The van der Waals surface area contributed by atoms with Crippen molar-refractivity contribution in [2.24, 2.45) is 0 Å². The van der Waals surface area contributed by atoms with E-state index in [2.05, 4.69) is 60.3 Å². The van der Waals surface area contributed by atoms with E-state index in [1.54, 1.807) is 11.8 Å². The van der Waals surface area contributed by atoms with E-state index >= 15 is 0 Å². The number of aryl methyl sites for hydroxylation is 1. The number of carbonyl (C=O) groups is 1. The molecule has 0 radical (unpaired) electrons. The highest BCUT2D eigenvalue weighted by molar-refractivity contribution is 7.99. The van der Waals surface area contributed by atoms with Crippen LogP contribution in [0.25, 0.3) is 0 Å². The smallest absolute Gasteiger partial charge is 0.237 e. The Morgan fingerprint density at radius 3 is 2.39 bits per heavy atom. The molecular formula is C18H29N3OS. The molecule has 1 N–H and O–H groups in total. The largest absolute Gasteiger partial charge is 0.351 e. The Labute approximate surface area is 144 Å². The van der Waals surface area contributed by atoms with Crippen molar-refractivity contribution in [1.29, 1.82) is 0 Å². The number of nitrogens with one attached hydrogen (secondary N) is 1. The molecule has 128 valence electrons. The van der Waals surface area contributed by atoms with Crippen molar-refractivity contribution < 1.29 is 4.79 Å². The summed E-state index contributed by atoms with van der Waals surface area (Å²) >= 11 is 1.79. The van der Waals surface area contributed by atoms with Crippen LogP contribution in [0.2, 0.25) is 0 Å². The Balaban J connectivity index is 1.74. The Morgan fingerprint density at radius 1 is 1.17 bits per heavy atom. The number of hydrogen-bond donors (Lipinski definition) is 1. The van der Waals surface area contributed by atoms with E-state index in [0.717, 1.165) is 31.9 Å². The first-order chi connectivity index (χ1) is 11.0. The summed E-state index contributed by atoms with van der Waals surface area (Å²) in [7, 11) is 2.13. The van der Waals surface area contributed by atoms with Crippen LogP contribution in [0.3, 0.4) is 0 Å². The van der Waals surface area contributed by atoms with Gasteiger partial charge in [-0.1, -0.05) is 17.7 Å². The molecule has 1 heterocycles. The molecular weight excluding hydrogens is 306 g/mol. The van der Waals surface area contributed by atoms with Crippen LogP contribution in [0.1, 0.15) is 19.4 Å². The summed E-state index contributed by atoms with van der Waals surface area (Å²) in [6.07, 6.45) is 0. The lowest BCUT2D eigenvalue weighted by Gasteiger charge is -2.36. The molecule has 5 heteroatoms. The molecule has 1 amide bonds. The lowest BCUT2D eigenvalue weighted by molar-refractivity contribution is -0.127. The first-order valence-electron chi connectivity index (χ1n) is 8.38. The summed E-state index contributed by atoms with van der Waals surface area (Å²) in [4.78, 5) is 18.2. The van der Waals surface area contributed by atoms with Gasteiger partial charge in [-0.3, -0.25) is 9.69 Å². The van der Waals surface area contributed by atoms with Crippen LogP contribution >= 0.6 is 11.8 Å². The van der Waals surface area contributed by atoms with Gasteiger partial charge in [0.2, 0.25) is 5.91 Å². The molecule has 0 unspecified atom stereocenters. The number of carbonyl (C=O) groups excluding carboxylic acids is 1. The second-order valence-corrected chi connectivity index (χ2v) is 7.64. The van der Waals surface area contributed by atoms with E-state index < -0.39 is 0 Å². The number of likely N-dealkylation sites (N-methyl/N-ethyl adjacent to an activating group) is 1. The van der Waals surface area contributed by atoms with Gasteiger partial charge in [0.25, 0.3) is 0 Å². The molecule has 0 bridgehead atoms. The maximum atomic E-state index is 12.4. The maximum Gasteiger partial charge on any atom is 0.237 e. The van der Waals surface area contributed by atoms with Crippen LogP contribution in [-0.4, -0.2) is 66.8 Å². The monoisotopic (exact) mass is 335 g/mol. The van der Waals surface area contributed by atoms with Gasteiger partial charge in [-0.15, -0.1) is 11.8 Å². The Bertz CT molecular complexity index is 497. The van der Waals surface area contributed by atoms with E-state index in [9.17, 15) is 4.79 Å². The standard InChI is InChI=1S/C18H29N3OS/c1-14-5-7-17(8-6-14)23-13-15(2)19-18(22)16(3)21-11-9-20(4)10-12-21/h5-8,15-16H,9-13H2,1-4H3,(H,19,22)/t15-,16+/m0/s1. The number of amides is 1. The molecule has 0 spiro atoms. The zero-order valence-corrected chi connectivity index (χ0v) is 15.5. The van der Waals surface area contributed by atoms with E-state index in [1.807, 2.05) is 6.92 Å². The molecule has 1 aromatic carbocycles. The third-order valence-electron chi connectivity index (χ3n) is 4.37. The van der Waals surface area contributed by atoms with E-state index in [-0.39, 0.29) is 18.0 Å². The molecule has 1 aromatic rings. The highest BCUT2D eigenvalue weighted by Gasteiger charge is 2.25. The first kappa shape index (κ1) is 18.3. The lowest BCUT2D eigenvalue weighted by atomic mass is 10.2. The highest BCUT2D eigenvalue weighted by atomic mass is 32.2. The molecule has 4 nitrogen and oxygen atoms in total. The minimum absolute atomic E-state index is 0.0458. The molecule has 0 aliphatic carbocycles. The summed E-state index contributed by atoms with van der Waals surface area (Å²) in [5, 5.41) is 3.15. The van der Waals surface area contributed by atoms with Crippen molar-refractivity contribution in [3.05, 3.63) is 29.8 Å². The van der Waals surface area contributed by atoms with E-state index in [0.29, 0.717) is 0 Å². The summed E-state index contributed by atoms with van der Waals surface area (Å²) in [5.41, 5.74) is 1.27. The fraction of sp³-hybridized carbons (Fsp3) is 0.611. The molecule has 0 saturated carbocycles. The van der Waals surface area contributed by atoms with E-state index in [1.165, 1.54) is 10.5 Å². The molecule has 2 rings (SSSR count). The Morgan fingerprint density at radius 2 is 1.78 bits per heavy atom. The summed E-state index contributed by atoms with van der Waals surface area (Å²) in [5.74, 6) is 1.04. The van der Waals surface area contributed by atoms with Gasteiger partial charge in [-0.25, -0.2) is 0 Å². The SMILES string of the molecule is Cc1ccc(SC[C@H](C)NC(=O)[C@@H](C)N2CCN(C)CC2)cc1. The van der Waals surface area contributed by atoms with Crippen molar-refractivity contribution in [2.45, 2.75) is 37.8 Å². The zero-order valence-electron chi connectivity index (χ0n) is 14.7. The molecule has 1 aliphatic rings. The van der Waals surface area contributed by atoms with Crippen molar-refractivity contribution in [3.8, 4) is 0 Å². The lowest BCUT2D eigenvalue weighted by Crippen LogP contribution is -2.54. The number of rotatable bonds is 6. The average Bonchev–Trinajstić information content (AvgIpc) is 2.54. The molecule has 1 aliphatic heterocycles. The van der Waals surface area contributed by atoms with Crippen LogP contribution in [-0.2, 0) is 4.79 Å². The highest BCUT2D eigenvalue weighted by Crippen LogP contribution is 2.19. The van der Waals surface area contributed by atoms with Gasteiger partial charge < -0.3 is 10.2 Å². The number of nitrogens with zero attached hydrogens (tertiary/aromatic N) is 2. The van der Waals surface area contributed by atoms with Gasteiger partial charge in [-0.05, 0) is 40.0 Å². The van der Waals surface area contributed by atoms with Gasteiger partial charge in [0.1, 0.15) is 0 Å². The van der Waals surface area contributed by atoms with Crippen LogP contribution in [0, 0.1) is 6.92 Å². The molecule has 23 heavy (non-hydrogen) atoms. The predicted octanol–water partition coefficient (Wildman–Crippen LogP) is 2.23. The van der Waals surface area contributed by atoms with Gasteiger partial charge in [0.05, 0.1) is 6.04 Å². The summed E-state index contributed by atoms with van der Waals surface area (Å²) in [6, 6.07) is 8.66. The number of hydrogen-bond acceptors (Lipinski definition) is 4. The number of thioether (sulfide) groups is 1. The van der Waals surface area contributed by atoms with Crippen LogP contribution in [0.4, 0.5) is 0 Å². The summed E-state index contributed by atoms with van der Waals surface area (Å²) in [6.45, 7) is 10.2. The Kier molecular flexibility index (Phi) is 6.93. The van der Waals surface area contributed by atoms with Gasteiger partial charge in [0.15, 0.2) is 0 Å². The third kappa shape index (κ3) is 5.83. The topological polar surface area (TPSA) is 35.6 Å². The van der Waals surface area contributed by atoms with Crippen molar-refractivity contribution in [3.63, 3.8) is 0 Å². The van der Waals surface area contributed by atoms with Crippen molar-refractivity contribution >= 4 is 17.7 Å². The Hall–Kier alpha value is -1.04. The van der Waals surface area contributed by atoms with Gasteiger partial charge in [0, 0.05) is 42.9 Å². The average molecular weight is 336 g/mol. The maximum absolute atomic E-state index is 12.4. The normalized spacial score (nSPS) is 19.3. The molecule has 1 fully saturated rings. The van der Waals surface area contributed by atoms with Crippen LogP contribution in [0.5, 0.6) is 0 Å².